The molecule has 2 rings (SSSR count). The molecule has 0 atom stereocenters. The Balaban J connectivity index is 1.91. The van der Waals surface area contributed by atoms with Crippen LogP contribution in [0.5, 0.6) is 0 Å². The van der Waals surface area contributed by atoms with Gasteiger partial charge in [0.15, 0.2) is 5.84 Å². The fourth-order valence-corrected chi connectivity index (χ4v) is 1.96. The third-order valence-corrected chi connectivity index (χ3v) is 3.10. The van der Waals surface area contributed by atoms with Crippen molar-refractivity contribution in [3.8, 4) is 0 Å². The van der Waals surface area contributed by atoms with Crippen molar-refractivity contribution in [2.24, 2.45) is 4.99 Å². The van der Waals surface area contributed by atoms with Crippen molar-refractivity contribution in [1.82, 2.24) is 9.55 Å². The lowest BCUT2D eigenvalue weighted by Crippen LogP contribution is -2.22. The van der Waals surface area contributed by atoms with E-state index in [2.05, 4.69) is 15.3 Å². The molecule has 0 unspecified atom stereocenters. The first kappa shape index (κ1) is 16.0. The predicted octanol–water partition coefficient (Wildman–Crippen LogP) is 2.71. The molecule has 0 radical (unpaired) electrons. The molecule has 8 heteroatoms. The summed E-state index contributed by atoms with van der Waals surface area (Å²) in [5.74, 6) is 0.331. The van der Waals surface area contributed by atoms with Crippen LogP contribution in [-0.4, -0.2) is 33.4 Å². The van der Waals surface area contributed by atoms with Gasteiger partial charge in [0, 0.05) is 41.1 Å². The van der Waals surface area contributed by atoms with Gasteiger partial charge < -0.3 is 9.88 Å². The molecule has 2 aromatic rings. The quantitative estimate of drug-likeness (QED) is 0.279. The van der Waals surface area contributed by atoms with Gasteiger partial charge in [-0.15, -0.1) is 0 Å². The summed E-state index contributed by atoms with van der Waals surface area (Å²) in [5.41, 5.74) is 0.722. The van der Waals surface area contributed by atoms with Crippen LogP contribution in [-0.2, 0) is 6.54 Å². The fraction of sp³-hybridized carbons (Fsp3) is 0.286. The number of aryl methyl sites for hydroxylation is 1. The molecule has 0 aliphatic rings. The van der Waals surface area contributed by atoms with Gasteiger partial charge in [0.25, 0.3) is 6.54 Å². The van der Waals surface area contributed by atoms with Gasteiger partial charge in [-0.3, -0.25) is 15.1 Å². The molecular weight excluding hydrogens is 306 g/mol. The van der Waals surface area contributed by atoms with E-state index in [1.807, 2.05) is 10.8 Å². The van der Waals surface area contributed by atoms with Crippen LogP contribution in [0, 0.1) is 10.1 Å². The number of nitro groups is 1. The van der Waals surface area contributed by atoms with Crippen LogP contribution in [0.3, 0.4) is 0 Å². The molecule has 7 nitrogen and oxygen atoms in total. The van der Waals surface area contributed by atoms with E-state index in [0.29, 0.717) is 17.4 Å². The average molecular weight is 322 g/mol. The molecule has 0 saturated carbocycles. The summed E-state index contributed by atoms with van der Waals surface area (Å²) in [7, 11) is 0. The average Bonchev–Trinajstić information content (AvgIpc) is 2.98. The summed E-state index contributed by atoms with van der Waals surface area (Å²) >= 11 is 5.81. The summed E-state index contributed by atoms with van der Waals surface area (Å²) in [4.78, 5) is 18.6. The zero-order chi connectivity index (χ0) is 15.8. The molecular formula is C14H16ClN5O2. The normalized spacial score (nSPS) is 11.4. The Hall–Kier alpha value is -2.41. The molecule has 0 spiro atoms. The number of halogens is 1. The SMILES string of the molecule is O=[N+]([O-])CC(=NCCCn1ccnc1)Nc1ccc(Cl)cc1. The molecule has 1 heterocycles. The third kappa shape index (κ3) is 5.53. The number of anilines is 1. The van der Waals surface area contributed by atoms with E-state index in [1.165, 1.54) is 0 Å². The van der Waals surface area contributed by atoms with Crippen molar-refractivity contribution in [2.45, 2.75) is 13.0 Å². The second-order valence-electron chi connectivity index (χ2n) is 4.61. The maximum Gasteiger partial charge on any atom is 0.260 e. The van der Waals surface area contributed by atoms with Crippen molar-refractivity contribution in [2.75, 3.05) is 18.4 Å². The number of hydrogen-bond acceptors (Lipinski definition) is 4. The number of benzene rings is 1. The van der Waals surface area contributed by atoms with Gasteiger partial charge in [0.05, 0.1) is 6.33 Å². The number of amidine groups is 1. The number of aromatic nitrogens is 2. The van der Waals surface area contributed by atoms with E-state index in [-0.39, 0.29) is 6.54 Å². The Labute approximate surface area is 132 Å². The van der Waals surface area contributed by atoms with Crippen molar-refractivity contribution in [3.05, 3.63) is 58.1 Å². The largest absolute Gasteiger partial charge is 0.339 e. The zero-order valence-electron chi connectivity index (χ0n) is 11.9. The second kappa shape index (κ2) is 8.14. The topological polar surface area (TPSA) is 85.3 Å². The standard InChI is InChI=1S/C14H16ClN5O2/c15-12-2-4-13(5-3-12)18-14(10-20(21)22)17-6-1-8-19-9-7-16-11-19/h2-5,7,9,11H,1,6,8,10H2,(H,17,18). The highest BCUT2D eigenvalue weighted by Gasteiger charge is 2.07. The predicted molar refractivity (Wildman–Crippen MR) is 86.1 cm³/mol. The maximum atomic E-state index is 10.7. The van der Waals surface area contributed by atoms with Crippen molar-refractivity contribution in [1.29, 1.82) is 0 Å². The molecule has 0 saturated heterocycles. The van der Waals surface area contributed by atoms with Crippen LogP contribution in [0.4, 0.5) is 5.69 Å². The third-order valence-electron chi connectivity index (χ3n) is 2.85. The minimum absolute atomic E-state index is 0.331. The van der Waals surface area contributed by atoms with Crippen LogP contribution in [0.1, 0.15) is 6.42 Å². The first-order valence-corrected chi connectivity index (χ1v) is 7.15. The number of aliphatic imine (C=N–C) groups is 1. The van der Waals surface area contributed by atoms with Gasteiger partial charge in [-0.2, -0.15) is 0 Å². The van der Waals surface area contributed by atoms with Crippen LogP contribution in [0.2, 0.25) is 5.02 Å². The molecule has 116 valence electrons. The Morgan fingerprint density at radius 3 is 2.82 bits per heavy atom. The molecule has 1 aromatic heterocycles. The highest BCUT2D eigenvalue weighted by molar-refractivity contribution is 6.30. The second-order valence-corrected chi connectivity index (χ2v) is 5.04. The first-order valence-electron chi connectivity index (χ1n) is 6.77. The van der Waals surface area contributed by atoms with E-state index < -0.39 is 4.92 Å². The molecule has 0 bridgehead atoms. The van der Waals surface area contributed by atoms with Gasteiger partial charge in [-0.25, -0.2) is 4.98 Å². The van der Waals surface area contributed by atoms with Gasteiger partial charge in [-0.05, 0) is 30.7 Å². The summed E-state index contributed by atoms with van der Waals surface area (Å²) < 4.78 is 1.94. The van der Waals surface area contributed by atoms with Gasteiger partial charge in [0.1, 0.15) is 0 Å². The monoisotopic (exact) mass is 321 g/mol. The maximum absolute atomic E-state index is 10.7. The van der Waals surface area contributed by atoms with Crippen molar-refractivity contribution < 1.29 is 4.92 Å². The summed E-state index contributed by atoms with van der Waals surface area (Å²) in [6.45, 7) is 0.936. The van der Waals surface area contributed by atoms with E-state index in [1.54, 1.807) is 36.8 Å². The van der Waals surface area contributed by atoms with E-state index in [9.17, 15) is 10.1 Å². The Bertz CT molecular complexity index is 625. The van der Waals surface area contributed by atoms with Gasteiger partial charge >= 0.3 is 0 Å². The Morgan fingerprint density at radius 1 is 1.41 bits per heavy atom. The van der Waals surface area contributed by atoms with Crippen LogP contribution < -0.4 is 5.32 Å². The lowest BCUT2D eigenvalue weighted by Gasteiger charge is -2.07. The fourth-order valence-electron chi connectivity index (χ4n) is 1.84. The number of hydrogen-bond donors (Lipinski definition) is 1. The Morgan fingerprint density at radius 2 is 2.18 bits per heavy atom. The minimum Gasteiger partial charge on any atom is -0.339 e. The molecule has 0 aliphatic heterocycles. The molecule has 1 N–H and O–H groups in total. The molecule has 0 amide bonds. The zero-order valence-corrected chi connectivity index (χ0v) is 12.6. The Kier molecular flexibility index (Phi) is 5.91. The lowest BCUT2D eigenvalue weighted by molar-refractivity contribution is -0.463. The number of rotatable bonds is 7. The number of nitrogens with zero attached hydrogens (tertiary/aromatic N) is 4. The lowest BCUT2D eigenvalue weighted by atomic mass is 10.3. The van der Waals surface area contributed by atoms with Crippen LogP contribution >= 0.6 is 11.6 Å². The summed E-state index contributed by atoms with van der Waals surface area (Å²) in [6.07, 6.45) is 6.09. The highest BCUT2D eigenvalue weighted by Crippen LogP contribution is 2.13. The molecule has 0 fully saturated rings. The number of imidazole rings is 1. The smallest absolute Gasteiger partial charge is 0.260 e. The molecule has 1 aromatic carbocycles. The van der Waals surface area contributed by atoms with E-state index in [4.69, 9.17) is 11.6 Å². The first-order chi connectivity index (χ1) is 10.6. The van der Waals surface area contributed by atoms with Gasteiger partial charge in [-0.1, -0.05) is 11.6 Å². The van der Waals surface area contributed by atoms with Gasteiger partial charge in [0.2, 0.25) is 0 Å². The number of nitrogens with one attached hydrogen (secondary N) is 1. The summed E-state index contributed by atoms with van der Waals surface area (Å²) in [5, 5.41) is 14.3. The minimum atomic E-state index is -0.405. The highest BCUT2D eigenvalue weighted by atomic mass is 35.5. The van der Waals surface area contributed by atoms with E-state index in [0.717, 1.165) is 18.7 Å². The van der Waals surface area contributed by atoms with Crippen molar-refractivity contribution in [3.63, 3.8) is 0 Å². The van der Waals surface area contributed by atoms with Crippen molar-refractivity contribution >= 4 is 23.1 Å². The van der Waals surface area contributed by atoms with Crippen LogP contribution in [0.15, 0.2) is 48.0 Å². The summed E-state index contributed by atoms with van der Waals surface area (Å²) in [6, 6.07) is 6.94. The molecule has 22 heavy (non-hydrogen) atoms. The van der Waals surface area contributed by atoms with Crippen LogP contribution in [0.25, 0.3) is 0 Å². The van der Waals surface area contributed by atoms with E-state index >= 15 is 0 Å². The molecule has 0 aliphatic carbocycles.